The molecule has 1 N–H and O–H groups in total. The SMILES string of the molecule is CCCCCCCCCCCCCCCCCCCCCCCCCCCCCCCCOCCOCCOCCOCCOCCC(=O)O. The highest BCUT2D eigenvalue weighted by Gasteiger charge is 1.99. The summed E-state index contributed by atoms with van der Waals surface area (Å²) in [5, 5.41) is 8.51. The van der Waals surface area contributed by atoms with Crippen LogP contribution in [-0.4, -0.2) is 77.1 Å². The maximum absolute atomic E-state index is 10.4. The lowest BCUT2D eigenvalue weighted by Crippen LogP contribution is -2.13. The normalized spacial score (nSPS) is 11.5. The molecule has 0 aromatic carbocycles. The fourth-order valence-corrected chi connectivity index (χ4v) is 6.37. The van der Waals surface area contributed by atoms with Crippen LogP contribution in [0.15, 0.2) is 0 Å². The Labute approximate surface area is 311 Å². The molecule has 7 nitrogen and oxygen atoms in total. The molecule has 0 aliphatic carbocycles. The van der Waals surface area contributed by atoms with Crippen molar-refractivity contribution < 1.29 is 33.6 Å². The van der Waals surface area contributed by atoms with E-state index in [9.17, 15) is 4.79 Å². The van der Waals surface area contributed by atoms with E-state index in [1.54, 1.807) is 0 Å². The molecule has 0 radical (unpaired) electrons. The highest BCUT2D eigenvalue weighted by Crippen LogP contribution is 2.16. The van der Waals surface area contributed by atoms with Crippen molar-refractivity contribution in [2.45, 2.75) is 206 Å². The highest BCUT2D eigenvalue weighted by atomic mass is 16.6. The van der Waals surface area contributed by atoms with E-state index < -0.39 is 5.97 Å². The molecule has 0 rings (SSSR count). The molecule has 0 saturated carbocycles. The first-order valence-electron chi connectivity index (χ1n) is 21.9. The van der Waals surface area contributed by atoms with E-state index in [1.807, 2.05) is 0 Å². The molecule has 0 spiro atoms. The zero-order valence-electron chi connectivity index (χ0n) is 33.4. The molecule has 0 amide bonds. The van der Waals surface area contributed by atoms with Crippen LogP contribution < -0.4 is 0 Å². The topological polar surface area (TPSA) is 83.5 Å². The van der Waals surface area contributed by atoms with Gasteiger partial charge in [0.2, 0.25) is 0 Å². The monoisotopic (exact) mass is 715 g/mol. The molecule has 0 aromatic rings. The van der Waals surface area contributed by atoms with Gasteiger partial charge in [0, 0.05) is 6.61 Å². The van der Waals surface area contributed by atoms with Gasteiger partial charge >= 0.3 is 5.97 Å². The lowest BCUT2D eigenvalue weighted by molar-refractivity contribution is -0.138. The lowest BCUT2D eigenvalue weighted by atomic mass is 10.0. The minimum atomic E-state index is -0.852. The number of carboxylic acids is 1. The van der Waals surface area contributed by atoms with Gasteiger partial charge < -0.3 is 28.8 Å². The smallest absolute Gasteiger partial charge is 0.305 e. The van der Waals surface area contributed by atoms with Crippen LogP contribution in [-0.2, 0) is 28.5 Å². The largest absolute Gasteiger partial charge is 0.481 e. The van der Waals surface area contributed by atoms with Gasteiger partial charge in [-0.2, -0.15) is 0 Å². The summed E-state index contributed by atoms with van der Waals surface area (Å²) < 4.78 is 27.2. The second-order valence-corrected chi connectivity index (χ2v) is 14.5. The Morgan fingerprint density at radius 2 is 0.500 bits per heavy atom. The molecule has 300 valence electrons. The van der Waals surface area contributed by atoms with Crippen molar-refractivity contribution in [3.8, 4) is 0 Å². The average Bonchev–Trinajstić information content (AvgIpc) is 3.11. The minimum absolute atomic E-state index is 0.0217. The summed E-state index contributed by atoms with van der Waals surface area (Å²) in [6.07, 6.45) is 42.9. The van der Waals surface area contributed by atoms with Gasteiger partial charge in [-0.1, -0.05) is 193 Å². The van der Waals surface area contributed by atoms with E-state index >= 15 is 0 Å². The summed E-state index contributed by atoms with van der Waals surface area (Å²) in [6, 6.07) is 0. The van der Waals surface area contributed by atoms with Gasteiger partial charge in [-0.3, -0.25) is 4.79 Å². The number of carboxylic acid groups (broad SMARTS) is 1. The zero-order valence-corrected chi connectivity index (χ0v) is 33.4. The van der Waals surface area contributed by atoms with Crippen molar-refractivity contribution in [3.63, 3.8) is 0 Å². The van der Waals surface area contributed by atoms with Gasteiger partial charge in [0.1, 0.15) is 0 Å². The highest BCUT2D eigenvalue weighted by molar-refractivity contribution is 5.66. The summed E-state index contributed by atoms with van der Waals surface area (Å²) in [4.78, 5) is 10.4. The summed E-state index contributed by atoms with van der Waals surface area (Å²) >= 11 is 0. The Kier molecular flexibility index (Phi) is 45.6. The maximum atomic E-state index is 10.4. The third kappa shape index (κ3) is 47.3. The summed E-state index contributed by atoms with van der Waals surface area (Å²) in [5.74, 6) is -0.852. The number of rotatable bonds is 46. The van der Waals surface area contributed by atoms with Crippen LogP contribution in [0.1, 0.15) is 206 Å². The average molecular weight is 715 g/mol. The Balaban J connectivity index is 3.05. The molecule has 0 aliphatic rings. The van der Waals surface area contributed by atoms with E-state index in [0.717, 1.165) is 13.0 Å². The molecule has 0 fully saturated rings. The Bertz CT molecular complexity index is 618. The molecule has 50 heavy (non-hydrogen) atoms. The summed E-state index contributed by atoms with van der Waals surface area (Å²) in [7, 11) is 0. The second kappa shape index (κ2) is 46.3. The number of hydrogen-bond acceptors (Lipinski definition) is 6. The van der Waals surface area contributed by atoms with Crippen molar-refractivity contribution >= 4 is 5.97 Å². The van der Waals surface area contributed by atoms with Crippen LogP contribution in [0.2, 0.25) is 0 Å². The van der Waals surface area contributed by atoms with Crippen LogP contribution in [0.5, 0.6) is 0 Å². The van der Waals surface area contributed by atoms with Gasteiger partial charge in [0.15, 0.2) is 0 Å². The van der Waals surface area contributed by atoms with E-state index in [0.29, 0.717) is 52.9 Å². The van der Waals surface area contributed by atoms with Crippen molar-refractivity contribution in [2.24, 2.45) is 0 Å². The van der Waals surface area contributed by atoms with E-state index in [2.05, 4.69) is 6.92 Å². The number of unbranched alkanes of at least 4 members (excludes halogenated alkanes) is 29. The van der Waals surface area contributed by atoms with Gasteiger partial charge in [-0.15, -0.1) is 0 Å². The van der Waals surface area contributed by atoms with Crippen molar-refractivity contribution in [2.75, 3.05) is 66.1 Å². The molecule has 0 unspecified atom stereocenters. The predicted molar refractivity (Wildman–Crippen MR) is 211 cm³/mol. The van der Waals surface area contributed by atoms with Crippen LogP contribution in [0.3, 0.4) is 0 Å². The zero-order chi connectivity index (χ0) is 36.1. The predicted octanol–water partition coefficient (Wildman–Crippen LogP) is 12.3. The van der Waals surface area contributed by atoms with Crippen LogP contribution in [0, 0.1) is 0 Å². The van der Waals surface area contributed by atoms with Crippen LogP contribution in [0.4, 0.5) is 0 Å². The standard InChI is InChI=1S/C43H86O7/c1-2-3-4-5-6-7-8-9-10-11-12-13-14-15-16-17-18-19-20-21-22-23-24-25-26-27-28-29-30-31-33-46-35-37-48-39-41-50-42-40-49-38-36-47-34-32-43(44)45/h2-42H2,1H3,(H,44,45). The number of carbonyl (C=O) groups is 1. The Morgan fingerprint density at radius 1 is 0.300 bits per heavy atom. The van der Waals surface area contributed by atoms with E-state index in [4.69, 9.17) is 28.8 Å². The van der Waals surface area contributed by atoms with Gasteiger partial charge in [-0.25, -0.2) is 0 Å². The summed E-state index contributed by atoms with van der Waals surface area (Å²) in [5.41, 5.74) is 0. The van der Waals surface area contributed by atoms with E-state index in [1.165, 1.54) is 186 Å². The Hall–Kier alpha value is -0.730. The fraction of sp³-hybridized carbons (Fsp3) is 0.977. The third-order valence-corrected chi connectivity index (χ3v) is 9.59. The molecule has 0 saturated heterocycles. The number of aliphatic carboxylic acids is 1. The molecule has 0 heterocycles. The van der Waals surface area contributed by atoms with Crippen molar-refractivity contribution in [3.05, 3.63) is 0 Å². The molecule has 7 heteroatoms. The van der Waals surface area contributed by atoms with E-state index in [-0.39, 0.29) is 13.0 Å². The van der Waals surface area contributed by atoms with Gasteiger partial charge in [0.25, 0.3) is 0 Å². The molecular formula is C43H86O7. The number of hydrogen-bond donors (Lipinski definition) is 1. The molecule has 0 bridgehead atoms. The molecule has 0 atom stereocenters. The van der Waals surface area contributed by atoms with Crippen LogP contribution in [0.25, 0.3) is 0 Å². The first-order valence-corrected chi connectivity index (χ1v) is 21.9. The molecular weight excluding hydrogens is 628 g/mol. The van der Waals surface area contributed by atoms with Crippen LogP contribution >= 0.6 is 0 Å². The first-order chi connectivity index (χ1) is 24.8. The fourth-order valence-electron chi connectivity index (χ4n) is 6.37. The quantitative estimate of drug-likeness (QED) is 0.0628. The maximum Gasteiger partial charge on any atom is 0.305 e. The third-order valence-electron chi connectivity index (χ3n) is 9.59. The lowest BCUT2D eigenvalue weighted by Gasteiger charge is -2.08. The van der Waals surface area contributed by atoms with Crippen molar-refractivity contribution in [1.82, 2.24) is 0 Å². The Morgan fingerprint density at radius 3 is 0.740 bits per heavy atom. The van der Waals surface area contributed by atoms with Gasteiger partial charge in [0.05, 0.1) is 65.9 Å². The minimum Gasteiger partial charge on any atom is -0.481 e. The second-order valence-electron chi connectivity index (χ2n) is 14.5. The van der Waals surface area contributed by atoms with Crippen molar-refractivity contribution in [1.29, 1.82) is 0 Å². The molecule has 0 aromatic heterocycles. The molecule has 0 aliphatic heterocycles. The van der Waals surface area contributed by atoms with Gasteiger partial charge in [-0.05, 0) is 6.42 Å². The summed E-state index contributed by atoms with van der Waals surface area (Å²) in [6.45, 7) is 7.53. The number of ether oxygens (including phenoxy) is 5. The first kappa shape index (κ1) is 49.3.